The number of nitrogens with one attached hydrogen (secondary N) is 2. The van der Waals surface area contributed by atoms with Gasteiger partial charge in [-0.1, -0.05) is 6.42 Å². The number of ether oxygens (including phenoxy) is 2. The molecule has 0 radical (unpaired) electrons. The molecule has 1 aromatic rings. The van der Waals surface area contributed by atoms with E-state index in [2.05, 4.69) is 27.4 Å². The van der Waals surface area contributed by atoms with Crippen LogP contribution in [0, 0.1) is 0 Å². The maximum absolute atomic E-state index is 5.71. The van der Waals surface area contributed by atoms with Crippen molar-refractivity contribution >= 4 is 29.9 Å². The Kier molecular flexibility index (Phi) is 13.1. The molecule has 28 heavy (non-hydrogen) atoms. The van der Waals surface area contributed by atoms with E-state index in [4.69, 9.17) is 9.47 Å². The highest BCUT2D eigenvalue weighted by Crippen LogP contribution is 2.17. The minimum Gasteiger partial charge on any atom is -0.497 e. The Bertz CT molecular complexity index is 554. The zero-order chi connectivity index (χ0) is 19.3. The van der Waals surface area contributed by atoms with Gasteiger partial charge in [-0.15, -0.1) is 24.0 Å². The van der Waals surface area contributed by atoms with Gasteiger partial charge in [0, 0.05) is 19.6 Å². The van der Waals surface area contributed by atoms with Crippen LogP contribution < -0.4 is 20.1 Å². The molecular formula is C21H37IN4O2. The van der Waals surface area contributed by atoms with E-state index in [1.807, 2.05) is 24.3 Å². The van der Waals surface area contributed by atoms with Gasteiger partial charge in [0.1, 0.15) is 18.1 Å². The molecule has 0 saturated carbocycles. The summed E-state index contributed by atoms with van der Waals surface area (Å²) in [5, 5.41) is 6.67. The molecule has 1 saturated heterocycles. The highest BCUT2D eigenvalue weighted by molar-refractivity contribution is 14.0. The van der Waals surface area contributed by atoms with Gasteiger partial charge < -0.3 is 25.0 Å². The first-order chi connectivity index (χ1) is 13.2. The molecule has 160 valence electrons. The third-order valence-corrected chi connectivity index (χ3v) is 5.05. The van der Waals surface area contributed by atoms with Gasteiger partial charge in [-0.2, -0.15) is 0 Å². The number of halogens is 1. The third-order valence-electron chi connectivity index (χ3n) is 5.05. The molecular weight excluding hydrogens is 467 g/mol. The topological polar surface area (TPSA) is 58.1 Å². The Balaban J connectivity index is 0.00000392. The number of methoxy groups -OCH3 is 1. The van der Waals surface area contributed by atoms with Gasteiger partial charge >= 0.3 is 0 Å². The van der Waals surface area contributed by atoms with Gasteiger partial charge in [0.25, 0.3) is 0 Å². The van der Waals surface area contributed by atoms with Crippen molar-refractivity contribution in [2.24, 2.45) is 4.99 Å². The Morgan fingerprint density at radius 1 is 1.11 bits per heavy atom. The number of nitrogens with zero attached hydrogens (tertiary/aromatic N) is 2. The van der Waals surface area contributed by atoms with Crippen LogP contribution in [0.25, 0.3) is 0 Å². The van der Waals surface area contributed by atoms with Gasteiger partial charge in [0.2, 0.25) is 0 Å². The van der Waals surface area contributed by atoms with Crippen molar-refractivity contribution in [2.75, 3.05) is 46.9 Å². The molecule has 1 unspecified atom stereocenters. The first kappa shape index (κ1) is 24.8. The molecule has 1 atom stereocenters. The standard InChI is InChI=1S/C21H36N4O2.HI/c1-18-8-4-6-15-25(18)16-7-5-13-23-21(22-2)24-14-17-27-20-11-9-19(26-3)10-12-20;/h9-12,18H,4-8,13-17H2,1-3H3,(H2,22,23,24);1H. The van der Waals surface area contributed by atoms with E-state index < -0.39 is 0 Å². The maximum Gasteiger partial charge on any atom is 0.191 e. The van der Waals surface area contributed by atoms with E-state index in [9.17, 15) is 0 Å². The fourth-order valence-electron chi connectivity index (χ4n) is 3.37. The summed E-state index contributed by atoms with van der Waals surface area (Å²) in [5.74, 6) is 2.51. The summed E-state index contributed by atoms with van der Waals surface area (Å²) in [7, 11) is 3.46. The lowest BCUT2D eigenvalue weighted by molar-refractivity contribution is 0.158. The van der Waals surface area contributed by atoms with E-state index in [1.165, 1.54) is 38.8 Å². The lowest BCUT2D eigenvalue weighted by Gasteiger charge is -2.33. The molecule has 0 aliphatic carbocycles. The molecule has 1 aliphatic rings. The van der Waals surface area contributed by atoms with Crippen molar-refractivity contribution in [3.05, 3.63) is 24.3 Å². The zero-order valence-corrected chi connectivity index (χ0v) is 19.9. The second kappa shape index (κ2) is 14.7. The van der Waals surface area contributed by atoms with Crippen molar-refractivity contribution in [3.8, 4) is 11.5 Å². The van der Waals surface area contributed by atoms with E-state index >= 15 is 0 Å². The van der Waals surface area contributed by atoms with E-state index in [1.54, 1.807) is 14.2 Å². The molecule has 0 amide bonds. The highest BCUT2D eigenvalue weighted by atomic mass is 127. The van der Waals surface area contributed by atoms with Crippen LogP contribution in [-0.2, 0) is 0 Å². The van der Waals surface area contributed by atoms with E-state index in [-0.39, 0.29) is 24.0 Å². The van der Waals surface area contributed by atoms with Gasteiger partial charge in [-0.05, 0) is 70.0 Å². The summed E-state index contributed by atoms with van der Waals surface area (Å²) in [6.45, 7) is 7.08. The molecule has 1 fully saturated rings. The van der Waals surface area contributed by atoms with Crippen LogP contribution in [0.1, 0.15) is 39.0 Å². The smallest absolute Gasteiger partial charge is 0.191 e. The second-order valence-electron chi connectivity index (χ2n) is 7.04. The van der Waals surface area contributed by atoms with Crippen LogP contribution in [0.15, 0.2) is 29.3 Å². The largest absolute Gasteiger partial charge is 0.497 e. The summed E-state index contributed by atoms with van der Waals surface area (Å²) in [5.41, 5.74) is 0. The summed E-state index contributed by atoms with van der Waals surface area (Å²) >= 11 is 0. The van der Waals surface area contributed by atoms with Crippen LogP contribution in [0.3, 0.4) is 0 Å². The van der Waals surface area contributed by atoms with E-state index in [0.717, 1.165) is 36.5 Å². The molecule has 2 rings (SSSR count). The Morgan fingerprint density at radius 2 is 1.82 bits per heavy atom. The fraction of sp³-hybridized carbons (Fsp3) is 0.667. The molecule has 0 aromatic heterocycles. The normalized spacial score (nSPS) is 17.5. The fourth-order valence-corrected chi connectivity index (χ4v) is 3.37. The summed E-state index contributed by atoms with van der Waals surface area (Å²) in [6.07, 6.45) is 6.50. The Morgan fingerprint density at radius 3 is 2.50 bits per heavy atom. The van der Waals surface area contributed by atoms with Crippen LogP contribution in [0.5, 0.6) is 11.5 Å². The second-order valence-corrected chi connectivity index (χ2v) is 7.04. The van der Waals surface area contributed by atoms with E-state index in [0.29, 0.717) is 13.2 Å². The van der Waals surface area contributed by atoms with Gasteiger partial charge in [-0.3, -0.25) is 4.99 Å². The molecule has 1 aromatic carbocycles. The highest BCUT2D eigenvalue weighted by Gasteiger charge is 2.16. The minimum absolute atomic E-state index is 0. The third kappa shape index (κ3) is 9.32. The van der Waals surface area contributed by atoms with Crippen LogP contribution in [0.2, 0.25) is 0 Å². The van der Waals surface area contributed by atoms with Gasteiger partial charge in [0.05, 0.1) is 13.7 Å². The number of rotatable bonds is 10. The predicted molar refractivity (Wildman–Crippen MR) is 127 cm³/mol. The number of hydrogen-bond acceptors (Lipinski definition) is 4. The number of piperidine rings is 1. The summed E-state index contributed by atoms with van der Waals surface area (Å²) in [4.78, 5) is 6.90. The monoisotopic (exact) mass is 504 g/mol. The van der Waals surface area contributed by atoms with Crippen LogP contribution in [-0.4, -0.2) is 63.8 Å². The first-order valence-electron chi connectivity index (χ1n) is 10.2. The average molecular weight is 504 g/mol. The van der Waals surface area contributed by atoms with Crippen molar-refractivity contribution in [2.45, 2.75) is 45.1 Å². The molecule has 1 aliphatic heterocycles. The van der Waals surface area contributed by atoms with Crippen molar-refractivity contribution in [1.29, 1.82) is 0 Å². The molecule has 7 heteroatoms. The van der Waals surface area contributed by atoms with Crippen LogP contribution in [0.4, 0.5) is 0 Å². The quantitative estimate of drug-likeness (QED) is 0.221. The zero-order valence-electron chi connectivity index (χ0n) is 17.6. The number of aliphatic imine (C=N–C) groups is 1. The number of guanidine groups is 1. The molecule has 2 N–H and O–H groups in total. The lowest BCUT2D eigenvalue weighted by atomic mass is 10.0. The summed E-state index contributed by atoms with van der Waals surface area (Å²) < 4.78 is 10.9. The predicted octanol–water partition coefficient (Wildman–Crippen LogP) is 3.51. The minimum atomic E-state index is 0. The van der Waals surface area contributed by atoms with Crippen molar-refractivity contribution < 1.29 is 9.47 Å². The average Bonchev–Trinajstić information content (AvgIpc) is 2.71. The molecule has 6 nitrogen and oxygen atoms in total. The number of hydrogen-bond donors (Lipinski definition) is 2. The first-order valence-corrected chi connectivity index (χ1v) is 10.2. The maximum atomic E-state index is 5.71. The number of benzene rings is 1. The Hall–Kier alpha value is -1.22. The molecule has 1 heterocycles. The number of likely N-dealkylation sites (tertiary alicyclic amines) is 1. The number of unbranched alkanes of at least 4 members (excludes halogenated alkanes) is 1. The van der Waals surface area contributed by atoms with Gasteiger partial charge in [0.15, 0.2) is 5.96 Å². The van der Waals surface area contributed by atoms with Crippen LogP contribution >= 0.6 is 24.0 Å². The Labute approximate surface area is 187 Å². The SMILES string of the molecule is CN=C(NCCCCN1CCCCC1C)NCCOc1ccc(OC)cc1.I. The van der Waals surface area contributed by atoms with Crippen molar-refractivity contribution in [1.82, 2.24) is 15.5 Å². The van der Waals surface area contributed by atoms with Gasteiger partial charge in [-0.25, -0.2) is 0 Å². The lowest BCUT2D eigenvalue weighted by Crippen LogP contribution is -2.40. The van der Waals surface area contributed by atoms with Crippen molar-refractivity contribution in [3.63, 3.8) is 0 Å². The molecule has 0 bridgehead atoms. The summed E-state index contributed by atoms with van der Waals surface area (Å²) in [6, 6.07) is 8.37. The molecule has 0 spiro atoms.